The topological polar surface area (TPSA) is 66.8 Å². The third-order valence-corrected chi connectivity index (χ3v) is 1.13. The minimum atomic E-state index is -1.77. The first-order valence-corrected chi connectivity index (χ1v) is 2.96. The smallest absolute Gasteiger partial charge is 0.305 e. The highest BCUT2D eigenvalue weighted by molar-refractivity contribution is 5.66. The van der Waals surface area contributed by atoms with E-state index in [1.165, 1.54) is 13.8 Å². The van der Waals surface area contributed by atoms with Crippen LogP contribution in [0.2, 0.25) is 0 Å². The normalized spacial score (nSPS) is 19.3. The van der Waals surface area contributed by atoms with Gasteiger partial charge < -0.3 is 14.9 Å². The van der Waals surface area contributed by atoms with Crippen molar-refractivity contribution in [2.75, 3.05) is 0 Å². The zero-order valence-corrected chi connectivity index (χ0v) is 6.29. The molecule has 2 N–H and O–H groups in total. The summed E-state index contributed by atoms with van der Waals surface area (Å²) in [5.74, 6) is -2.39. The highest BCUT2D eigenvalue weighted by Crippen LogP contribution is 2.10. The molecule has 4 heteroatoms. The molecule has 0 aliphatic carbocycles. The molecule has 10 heavy (non-hydrogen) atoms. The van der Waals surface area contributed by atoms with Gasteiger partial charge in [0.1, 0.15) is 6.10 Å². The number of carbonyl (C=O) groups excluding carboxylic acids is 1. The Morgan fingerprint density at radius 2 is 2.10 bits per heavy atom. The quantitative estimate of drug-likeness (QED) is 0.414. The standard InChI is InChI=1S/C6H12O4/c1-4(7)6(3,9)10-5(2)8/h4,7,9H,1-3H3. The second kappa shape index (κ2) is 2.98. The van der Waals surface area contributed by atoms with Crippen LogP contribution in [0.5, 0.6) is 0 Å². The van der Waals surface area contributed by atoms with Gasteiger partial charge in [0.2, 0.25) is 5.79 Å². The lowest BCUT2D eigenvalue weighted by molar-refractivity contribution is -0.232. The molecule has 0 amide bonds. The SMILES string of the molecule is CC(=O)OC(C)(O)C(C)O. The summed E-state index contributed by atoms with van der Waals surface area (Å²) in [4.78, 5) is 10.3. The van der Waals surface area contributed by atoms with Crippen molar-refractivity contribution >= 4 is 5.97 Å². The minimum Gasteiger partial charge on any atom is -0.431 e. The van der Waals surface area contributed by atoms with Crippen LogP contribution in [-0.4, -0.2) is 28.1 Å². The summed E-state index contributed by atoms with van der Waals surface area (Å²) in [6.07, 6.45) is -1.09. The van der Waals surface area contributed by atoms with E-state index in [1.807, 2.05) is 0 Å². The Morgan fingerprint density at radius 1 is 1.70 bits per heavy atom. The fraction of sp³-hybridized carbons (Fsp3) is 0.833. The number of aliphatic hydroxyl groups is 2. The summed E-state index contributed by atoms with van der Waals surface area (Å²) in [7, 11) is 0. The third kappa shape index (κ3) is 2.80. The van der Waals surface area contributed by atoms with E-state index in [2.05, 4.69) is 4.74 Å². The number of hydrogen-bond acceptors (Lipinski definition) is 4. The van der Waals surface area contributed by atoms with Crippen LogP contribution in [0.1, 0.15) is 20.8 Å². The third-order valence-electron chi connectivity index (χ3n) is 1.13. The molecule has 0 fully saturated rings. The van der Waals surface area contributed by atoms with E-state index in [-0.39, 0.29) is 0 Å². The molecule has 4 nitrogen and oxygen atoms in total. The molecule has 2 unspecified atom stereocenters. The van der Waals surface area contributed by atoms with Gasteiger partial charge in [-0.3, -0.25) is 4.79 Å². The predicted molar refractivity (Wildman–Crippen MR) is 34.1 cm³/mol. The lowest BCUT2D eigenvalue weighted by atomic mass is 10.2. The average Bonchev–Trinajstić information content (AvgIpc) is 1.60. The number of ether oxygens (including phenoxy) is 1. The van der Waals surface area contributed by atoms with Crippen LogP contribution in [0.25, 0.3) is 0 Å². The number of aliphatic hydroxyl groups excluding tert-OH is 1. The second-order valence-corrected chi connectivity index (χ2v) is 2.32. The maximum atomic E-state index is 10.3. The molecular formula is C6H12O4. The number of rotatable bonds is 2. The number of esters is 1. The van der Waals surface area contributed by atoms with Gasteiger partial charge in [0.25, 0.3) is 0 Å². The molecule has 0 saturated heterocycles. The van der Waals surface area contributed by atoms with Gasteiger partial charge in [0, 0.05) is 13.8 Å². The summed E-state index contributed by atoms with van der Waals surface area (Å²) in [6, 6.07) is 0. The van der Waals surface area contributed by atoms with Crippen molar-refractivity contribution < 1.29 is 19.7 Å². The Balaban J connectivity index is 3.99. The fourth-order valence-electron chi connectivity index (χ4n) is 0.376. The van der Waals surface area contributed by atoms with E-state index in [1.54, 1.807) is 0 Å². The average molecular weight is 148 g/mol. The Bertz CT molecular complexity index is 128. The van der Waals surface area contributed by atoms with Crippen LogP contribution in [-0.2, 0) is 9.53 Å². The first kappa shape index (κ1) is 9.39. The largest absolute Gasteiger partial charge is 0.431 e. The van der Waals surface area contributed by atoms with Crippen molar-refractivity contribution in [3.05, 3.63) is 0 Å². The predicted octanol–water partition coefficient (Wildman–Crippen LogP) is -0.361. The van der Waals surface area contributed by atoms with Crippen molar-refractivity contribution in [1.82, 2.24) is 0 Å². The fourth-order valence-corrected chi connectivity index (χ4v) is 0.376. The molecule has 0 heterocycles. The molecular weight excluding hydrogens is 136 g/mol. The van der Waals surface area contributed by atoms with Crippen LogP contribution >= 0.6 is 0 Å². The molecule has 0 aromatic heterocycles. The highest BCUT2D eigenvalue weighted by atomic mass is 16.7. The van der Waals surface area contributed by atoms with Crippen molar-refractivity contribution in [1.29, 1.82) is 0 Å². The van der Waals surface area contributed by atoms with E-state index in [0.717, 1.165) is 6.92 Å². The second-order valence-electron chi connectivity index (χ2n) is 2.32. The molecule has 0 aromatic rings. The van der Waals surface area contributed by atoms with Crippen molar-refractivity contribution in [2.24, 2.45) is 0 Å². The van der Waals surface area contributed by atoms with Gasteiger partial charge >= 0.3 is 5.97 Å². The molecule has 60 valence electrons. The van der Waals surface area contributed by atoms with Gasteiger partial charge in [0.05, 0.1) is 0 Å². The van der Waals surface area contributed by atoms with Crippen molar-refractivity contribution in [2.45, 2.75) is 32.7 Å². The van der Waals surface area contributed by atoms with Crippen LogP contribution in [0.15, 0.2) is 0 Å². The number of hydrogen-bond donors (Lipinski definition) is 2. The minimum absolute atomic E-state index is 0.620. The van der Waals surface area contributed by atoms with Crippen LogP contribution in [0, 0.1) is 0 Å². The summed E-state index contributed by atoms with van der Waals surface area (Å²) >= 11 is 0. The molecule has 0 aliphatic rings. The lowest BCUT2D eigenvalue weighted by Crippen LogP contribution is -2.41. The maximum Gasteiger partial charge on any atom is 0.305 e. The maximum absolute atomic E-state index is 10.3. The van der Waals surface area contributed by atoms with Crippen molar-refractivity contribution in [3.8, 4) is 0 Å². The van der Waals surface area contributed by atoms with Crippen molar-refractivity contribution in [3.63, 3.8) is 0 Å². The van der Waals surface area contributed by atoms with Crippen LogP contribution in [0.3, 0.4) is 0 Å². The zero-order valence-electron chi connectivity index (χ0n) is 6.29. The summed E-state index contributed by atoms with van der Waals surface area (Å²) in [6.45, 7) is 3.72. The van der Waals surface area contributed by atoms with E-state index in [4.69, 9.17) is 10.2 Å². The van der Waals surface area contributed by atoms with Gasteiger partial charge in [-0.2, -0.15) is 0 Å². The Hall–Kier alpha value is -0.610. The first-order chi connectivity index (χ1) is 4.36. The molecule has 0 saturated carbocycles. The highest BCUT2D eigenvalue weighted by Gasteiger charge is 2.29. The molecule has 0 bridgehead atoms. The first-order valence-electron chi connectivity index (χ1n) is 2.96. The zero-order chi connectivity index (χ0) is 8.36. The molecule has 0 aliphatic heterocycles. The Labute approximate surface area is 59.4 Å². The van der Waals surface area contributed by atoms with E-state index in [0.29, 0.717) is 0 Å². The van der Waals surface area contributed by atoms with Gasteiger partial charge in [-0.15, -0.1) is 0 Å². The molecule has 0 rings (SSSR count). The van der Waals surface area contributed by atoms with Crippen LogP contribution < -0.4 is 0 Å². The summed E-state index contributed by atoms with van der Waals surface area (Å²) in [5, 5.41) is 17.9. The molecule has 0 aromatic carbocycles. The van der Waals surface area contributed by atoms with Gasteiger partial charge in [-0.25, -0.2) is 0 Å². The molecule has 0 spiro atoms. The molecule has 2 atom stereocenters. The van der Waals surface area contributed by atoms with E-state index >= 15 is 0 Å². The van der Waals surface area contributed by atoms with Gasteiger partial charge in [-0.1, -0.05) is 0 Å². The van der Waals surface area contributed by atoms with Gasteiger partial charge in [-0.05, 0) is 6.92 Å². The van der Waals surface area contributed by atoms with E-state index in [9.17, 15) is 4.79 Å². The summed E-state index contributed by atoms with van der Waals surface area (Å²) in [5.41, 5.74) is 0. The Morgan fingerprint density at radius 3 is 2.20 bits per heavy atom. The Kier molecular flexibility index (Phi) is 2.80. The van der Waals surface area contributed by atoms with E-state index < -0.39 is 17.9 Å². The van der Waals surface area contributed by atoms with Crippen LogP contribution in [0.4, 0.5) is 0 Å². The lowest BCUT2D eigenvalue weighted by Gasteiger charge is -2.25. The molecule has 0 radical (unpaired) electrons. The van der Waals surface area contributed by atoms with Gasteiger partial charge in [0.15, 0.2) is 0 Å². The number of carbonyl (C=O) groups is 1. The summed E-state index contributed by atoms with van der Waals surface area (Å²) < 4.78 is 4.37. The monoisotopic (exact) mass is 148 g/mol.